The fourth-order valence-corrected chi connectivity index (χ4v) is 4.40. The van der Waals surface area contributed by atoms with Crippen LogP contribution in [0.15, 0.2) is 113 Å². The lowest BCUT2D eigenvalue weighted by Gasteiger charge is -2.25. The van der Waals surface area contributed by atoms with Gasteiger partial charge in [-0.2, -0.15) is 5.10 Å². The van der Waals surface area contributed by atoms with Gasteiger partial charge in [-0.3, -0.25) is 9.79 Å². The van der Waals surface area contributed by atoms with Gasteiger partial charge in [-0.15, -0.1) is 5.10 Å². The van der Waals surface area contributed by atoms with Crippen LogP contribution in [0.5, 0.6) is 0 Å². The van der Waals surface area contributed by atoms with Crippen LogP contribution in [-0.4, -0.2) is 46.3 Å². The van der Waals surface area contributed by atoms with Crippen molar-refractivity contribution in [1.29, 1.82) is 0 Å². The molecule has 0 radical (unpaired) electrons. The summed E-state index contributed by atoms with van der Waals surface area (Å²) >= 11 is 1.58. The van der Waals surface area contributed by atoms with E-state index in [-0.39, 0.29) is 5.91 Å². The molecule has 0 atom stereocenters. The molecular weight excluding hydrogens is 528 g/mol. The molecular formula is C33H46N6OS. The van der Waals surface area contributed by atoms with E-state index >= 15 is 0 Å². The van der Waals surface area contributed by atoms with Crippen molar-refractivity contribution in [3.05, 3.63) is 114 Å². The smallest absolute Gasteiger partial charge is 0.229 e. The third kappa shape index (κ3) is 13.3. The molecule has 0 saturated carbocycles. The highest BCUT2D eigenvalue weighted by Gasteiger charge is 2.11. The average Bonchev–Trinajstić information content (AvgIpc) is 2.96. The molecule has 0 aliphatic heterocycles. The van der Waals surface area contributed by atoms with Gasteiger partial charge in [0.05, 0.1) is 17.1 Å². The molecule has 0 unspecified atom stereocenters. The molecule has 220 valence electrons. The normalized spacial score (nSPS) is 12.2. The number of hydrogen-bond acceptors (Lipinski definition) is 6. The minimum absolute atomic E-state index is 0.0897. The molecule has 0 aromatic carbocycles. The number of amides is 1. The van der Waals surface area contributed by atoms with Crippen LogP contribution in [0.1, 0.15) is 58.6 Å². The SMILES string of the molecule is C=C/C(=C\C(=C/C)CC(=C)N(C)C(=C)SC(=C)CCCCc1ccc(NC(=O)C/C(C)=C/C)nn1)N(C=C)/C=N\C. The number of nitrogens with one attached hydrogen (secondary N) is 1. The van der Waals surface area contributed by atoms with Crippen LogP contribution in [0.25, 0.3) is 0 Å². The van der Waals surface area contributed by atoms with Crippen molar-refractivity contribution in [1.82, 2.24) is 20.0 Å². The summed E-state index contributed by atoms with van der Waals surface area (Å²) in [6.07, 6.45) is 15.8. The van der Waals surface area contributed by atoms with Gasteiger partial charge < -0.3 is 15.1 Å². The molecule has 0 fully saturated rings. The fourth-order valence-electron chi connectivity index (χ4n) is 3.56. The van der Waals surface area contributed by atoms with Crippen LogP contribution in [0, 0.1) is 0 Å². The molecule has 1 rings (SSSR count). The Hall–Kier alpha value is -3.91. The van der Waals surface area contributed by atoms with Gasteiger partial charge in [0.2, 0.25) is 5.91 Å². The number of unbranched alkanes of at least 4 members (excludes halogenated alkanes) is 1. The quantitative estimate of drug-likeness (QED) is 0.0591. The first-order chi connectivity index (χ1) is 19.6. The van der Waals surface area contributed by atoms with Crippen LogP contribution in [0.2, 0.25) is 0 Å². The summed E-state index contributed by atoms with van der Waals surface area (Å²) in [6, 6.07) is 3.71. The van der Waals surface area contributed by atoms with Crippen LogP contribution < -0.4 is 5.32 Å². The number of nitrogens with zero attached hydrogens (tertiary/aromatic N) is 5. The number of hydrogen-bond donors (Lipinski definition) is 1. The molecule has 8 heteroatoms. The maximum atomic E-state index is 12.0. The highest BCUT2D eigenvalue weighted by atomic mass is 32.2. The van der Waals surface area contributed by atoms with Gasteiger partial charge in [0, 0.05) is 44.5 Å². The lowest BCUT2D eigenvalue weighted by atomic mass is 10.1. The van der Waals surface area contributed by atoms with Gasteiger partial charge in [0.1, 0.15) is 0 Å². The second kappa shape index (κ2) is 19.2. The zero-order valence-electron chi connectivity index (χ0n) is 25.4. The molecule has 0 bridgehead atoms. The van der Waals surface area contributed by atoms with Crippen molar-refractivity contribution in [2.24, 2.45) is 4.99 Å². The van der Waals surface area contributed by atoms with E-state index in [9.17, 15) is 4.79 Å². The van der Waals surface area contributed by atoms with E-state index in [1.165, 1.54) is 0 Å². The summed E-state index contributed by atoms with van der Waals surface area (Å²) in [4.78, 5) is 20.9. The van der Waals surface area contributed by atoms with Crippen LogP contribution in [-0.2, 0) is 11.2 Å². The predicted octanol–water partition coefficient (Wildman–Crippen LogP) is 8.16. The number of carbonyl (C=O) groups is 1. The first-order valence-corrected chi connectivity index (χ1v) is 14.4. The maximum absolute atomic E-state index is 12.0. The van der Waals surface area contributed by atoms with E-state index in [2.05, 4.69) is 59.5 Å². The molecule has 1 aromatic rings. The van der Waals surface area contributed by atoms with Gasteiger partial charge >= 0.3 is 0 Å². The third-order valence-corrected chi connectivity index (χ3v) is 7.23. The van der Waals surface area contributed by atoms with Gasteiger partial charge in [0.15, 0.2) is 5.82 Å². The molecule has 1 amide bonds. The van der Waals surface area contributed by atoms with Crippen LogP contribution >= 0.6 is 11.8 Å². The summed E-state index contributed by atoms with van der Waals surface area (Å²) in [5, 5.41) is 12.0. The third-order valence-electron chi connectivity index (χ3n) is 6.22. The topological polar surface area (TPSA) is 73.7 Å². The lowest BCUT2D eigenvalue weighted by Crippen LogP contribution is -2.15. The van der Waals surface area contributed by atoms with E-state index in [0.717, 1.165) is 63.9 Å². The fraction of sp³-hybridized carbons (Fsp3) is 0.333. The molecule has 1 heterocycles. The van der Waals surface area contributed by atoms with Crippen molar-refractivity contribution in [2.75, 3.05) is 19.4 Å². The Morgan fingerprint density at radius 3 is 2.39 bits per heavy atom. The van der Waals surface area contributed by atoms with Crippen molar-refractivity contribution >= 4 is 29.8 Å². The van der Waals surface area contributed by atoms with Crippen LogP contribution in [0.4, 0.5) is 5.82 Å². The Bertz CT molecular complexity index is 1210. The number of rotatable bonds is 19. The van der Waals surface area contributed by atoms with E-state index in [0.29, 0.717) is 18.7 Å². The van der Waals surface area contributed by atoms with Gasteiger partial charge in [-0.05, 0) is 81.2 Å². The number of anilines is 1. The second-order valence-electron chi connectivity index (χ2n) is 9.41. The van der Waals surface area contributed by atoms with E-state index in [4.69, 9.17) is 0 Å². The second-order valence-corrected chi connectivity index (χ2v) is 10.7. The van der Waals surface area contributed by atoms with E-state index < -0.39 is 0 Å². The Morgan fingerprint density at radius 1 is 1.10 bits per heavy atom. The highest BCUT2D eigenvalue weighted by molar-refractivity contribution is 8.06. The minimum atomic E-state index is -0.0897. The van der Waals surface area contributed by atoms with Crippen molar-refractivity contribution in [2.45, 2.75) is 59.3 Å². The Labute approximate surface area is 251 Å². The standard InChI is InChI=1S/C33H46N6OS/c1-11-25(5)21-33(40)35-32-20-19-30(36-37-32)18-16-15-17-27(7)41-28(8)38(10)26(6)22-29(12-2)23-31(13-3)39(14-4)24-34-9/h11-14,19-20,23-24H,3-4,6-8,15-18,21-22H2,1-2,5,9-10H3,(H,35,37,40)/b25-11+,29-12-,31-23+,34-24-. The van der Waals surface area contributed by atoms with E-state index in [1.54, 1.807) is 43.5 Å². The molecule has 7 nitrogen and oxygen atoms in total. The van der Waals surface area contributed by atoms with Crippen molar-refractivity contribution in [3.8, 4) is 0 Å². The Kier molecular flexibility index (Phi) is 16.5. The zero-order chi connectivity index (χ0) is 30.8. The molecule has 0 saturated heterocycles. The first kappa shape index (κ1) is 35.1. The molecule has 1 aromatic heterocycles. The number of thioether (sulfide) groups is 1. The lowest BCUT2D eigenvalue weighted by molar-refractivity contribution is -0.115. The van der Waals surface area contributed by atoms with Crippen molar-refractivity contribution < 1.29 is 4.79 Å². The Balaban J connectivity index is 2.52. The van der Waals surface area contributed by atoms with Crippen LogP contribution in [0.3, 0.4) is 0 Å². The first-order valence-electron chi connectivity index (χ1n) is 13.6. The molecule has 1 N–H and O–H groups in total. The average molecular weight is 575 g/mol. The Morgan fingerprint density at radius 2 is 1.83 bits per heavy atom. The predicted molar refractivity (Wildman–Crippen MR) is 178 cm³/mol. The largest absolute Gasteiger partial charge is 0.343 e. The summed E-state index contributed by atoms with van der Waals surface area (Å²) in [7, 11) is 3.69. The maximum Gasteiger partial charge on any atom is 0.229 e. The monoisotopic (exact) mass is 574 g/mol. The number of allylic oxidation sites excluding steroid dienone is 6. The van der Waals surface area contributed by atoms with Crippen molar-refractivity contribution in [3.63, 3.8) is 0 Å². The summed E-state index contributed by atoms with van der Waals surface area (Å²) in [5.41, 5.74) is 4.80. The molecule has 0 spiro atoms. The molecule has 0 aliphatic carbocycles. The number of aliphatic imine (C=N–C) groups is 1. The summed E-state index contributed by atoms with van der Waals surface area (Å²) < 4.78 is 0. The number of aryl methyl sites for hydroxylation is 1. The highest BCUT2D eigenvalue weighted by Crippen LogP contribution is 2.31. The molecule has 0 aliphatic rings. The number of carbonyl (C=O) groups excluding carboxylic acids is 1. The summed E-state index contributed by atoms with van der Waals surface area (Å²) in [5.74, 6) is 0.383. The zero-order valence-corrected chi connectivity index (χ0v) is 26.3. The van der Waals surface area contributed by atoms with E-state index in [1.807, 2.05) is 55.8 Å². The van der Waals surface area contributed by atoms with Gasteiger partial charge in [0.25, 0.3) is 0 Å². The summed E-state index contributed by atoms with van der Waals surface area (Å²) in [6.45, 7) is 26.4. The van der Waals surface area contributed by atoms with Gasteiger partial charge in [-0.1, -0.05) is 62.4 Å². The minimum Gasteiger partial charge on any atom is -0.343 e. The molecule has 41 heavy (non-hydrogen) atoms. The van der Waals surface area contributed by atoms with Gasteiger partial charge in [-0.25, -0.2) is 0 Å². The number of aromatic nitrogens is 2.